The van der Waals surface area contributed by atoms with Gasteiger partial charge in [-0.25, -0.2) is 15.0 Å². The Bertz CT molecular complexity index is 1110. The van der Waals surface area contributed by atoms with E-state index in [1.54, 1.807) is 7.11 Å². The fourth-order valence-electron chi connectivity index (χ4n) is 5.01. The topological polar surface area (TPSA) is 117 Å². The van der Waals surface area contributed by atoms with Gasteiger partial charge in [-0.3, -0.25) is 4.79 Å². The van der Waals surface area contributed by atoms with Crippen molar-refractivity contribution in [1.82, 2.24) is 19.9 Å². The number of methoxy groups -OCH3 is 1. The maximum Gasteiger partial charge on any atom is 0.434 e. The number of aromatic nitrogens is 4. The zero-order valence-electron chi connectivity index (χ0n) is 19.6. The predicted molar refractivity (Wildman–Crippen MR) is 122 cm³/mol. The fraction of sp³-hybridized carbons (Fsp3) is 0.591. The Labute approximate surface area is 200 Å². The van der Waals surface area contributed by atoms with Crippen LogP contribution in [0.15, 0.2) is 12.4 Å². The number of anilines is 4. The molecule has 1 aliphatic heterocycles. The van der Waals surface area contributed by atoms with Crippen molar-refractivity contribution in [3.8, 4) is 0 Å². The van der Waals surface area contributed by atoms with Crippen LogP contribution in [-0.2, 0) is 15.7 Å². The number of carbonyl (C=O) groups excluding carboxylic acids is 1. The number of rotatable bonds is 6. The van der Waals surface area contributed by atoms with Crippen LogP contribution in [0.25, 0.3) is 0 Å². The summed E-state index contributed by atoms with van der Waals surface area (Å²) in [6.07, 6.45) is 1.38. The molecule has 35 heavy (non-hydrogen) atoms. The molecule has 5 rings (SSSR count). The highest BCUT2D eigenvalue weighted by Gasteiger charge is 2.52. The number of alkyl halides is 3. The van der Waals surface area contributed by atoms with E-state index in [-0.39, 0.29) is 18.0 Å². The van der Waals surface area contributed by atoms with Gasteiger partial charge in [0, 0.05) is 26.2 Å². The van der Waals surface area contributed by atoms with Gasteiger partial charge >= 0.3 is 6.18 Å². The standard InChI is InChI=1S/C22H27F3N8O2/c1-11-16-18(33(2)17(19(34)31-16)21(35-3)5-4-6-21)32-20(28-11)30-13-7-12(8-13)29-15-10-26-14(9-27-15)22(23,24)25/h9-10,12-13,17H,4-8H2,1-3H3,(H,27,29)(H,31,34)(H,28,30,32)/t12-,13+,17-/m1/s1. The molecular formula is C22H27F3N8O2. The van der Waals surface area contributed by atoms with Crippen LogP contribution in [0.4, 0.5) is 36.4 Å². The monoisotopic (exact) mass is 492 g/mol. The minimum absolute atomic E-state index is 0.0452. The fourth-order valence-corrected chi connectivity index (χ4v) is 5.01. The average molecular weight is 493 g/mol. The van der Waals surface area contributed by atoms with Gasteiger partial charge in [-0.15, -0.1) is 0 Å². The largest absolute Gasteiger partial charge is 0.434 e. The molecule has 0 saturated heterocycles. The second-order valence-electron chi connectivity index (χ2n) is 9.39. The molecule has 0 aromatic carbocycles. The molecule has 3 N–H and O–H groups in total. The van der Waals surface area contributed by atoms with Gasteiger partial charge in [0.1, 0.15) is 17.5 Å². The van der Waals surface area contributed by atoms with Crippen LogP contribution in [-0.4, -0.2) is 63.7 Å². The highest BCUT2D eigenvalue weighted by atomic mass is 19.4. The van der Waals surface area contributed by atoms with Crippen molar-refractivity contribution in [1.29, 1.82) is 0 Å². The lowest BCUT2D eigenvalue weighted by molar-refractivity contribution is -0.141. The van der Waals surface area contributed by atoms with E-state index < -0.39 is 23.5 Å². The smallest absolute Gasteiger partial charge is 0.376 e. The molecule has 10 nitrogen and oxygen atoms in total. The zero-order chi connectivity index (χ0) is 25.0. The van der Waals surface area contributed by atoms with Crippen LogP contribution >= 0.6 is 0 Å². The van der Waals surface area contributed by atoms with Crippen molar-refractivity contribution >= 4 is 29.2 Å². The van der Waals surface area contributed by atoms with Gasteiger partial charge in [-0.05, 0) is 39.0 Å². The Morgan fingerprint density at radius 2 is 1.86 bits per heavy atom. The van der Waals surface area contributed by atoms with E-state index in [1.807, 2.05) is 18.9 Å². The number of aryl methyl sites for hydroxylation is 1. The van der Waals surface area contributed by atoms with Crippen molar-refractivity contribution < 1.29 is 22.7 Å². The van der Waals surface area contributed by atoms with E-state index in [0.29, 0.717) is 41.8 Å². The summed E-state index contributed by atoms with van der Waals surface area (Å²) in [5.41, 5.74) is -0.283. The van der Waals surface area contributed by atoms with Crippen LogP contribution in [0.1, 0.15) is 43.5 Å². The van der Waals surface area contributed by atoms with E-state index in [9.17, 15) is 18.0 Å². The van der Waals surface area contributed by atoms with Crippen molar-refractivity contribution in [2.75, 3.05) is 35.0 Å². The first kappa shape index (κ1) is 23.5. The molecule has 2 aliphatic carbocycles. The first-order valence-electron chi connectivity index (χ1n) is 11.5. The highest BCUT2D eigenvalue weighted by Crippen LogP contribution is 2.44. The van der Waals surface area contributed by atoms with E-state index in [0.717, 1.165) is 31.7 Å². The number of hydrogen-bond acceptors (Lipinski definition) is 9. The second kappa shape index (κ2) is 8.47. The summed E-state index contributed by atoms with van der Waals surface area (Å²) in [7, 11) is 3.50. The first-order chi connectivity index (χ1) is 16.6. The molecule has 1 amide bonds. The third kappa shape index (κ3) is 4.21. The molecule has 2 saturated carbocycles. The summed E-state index contributed by atoms with van der Waals surface area (Å²) in [6.45, 7) is 1.82. The average Bonchev–Trinajstić information content (AvgIpc) is 2.74. The summed E-state index contributed by atoms with van der Waals surface area (Å²) in [5, 5.41) is 9.39. The maximum atomic E-state index is 12.9. The number of fused-ring (bicyclic) bond motifs is 1. The molecular weight excluding hydrogens is 465 g/mol. The van der Waals surface area contributed by atoms with E-state index in [4.69, 9.17) is 9.72 Å². The number of ether oxygens (including phenoxy) is 1. The van der Waals surface area contributed by atoms with Crippen LogP contribution in [0.5, 0.6) is 0 Å². The van der Waals surface area contributed by atoms with Crippen LogP contribution in [0.3, 0.4) is 0 Å². The summed E-state index contributed by atoms with van der Waals surface area (Å²) in [5.74, 6) is 1.28. The van der Waals surface area contributed by atoms with Gasteiger partial charge in [-0.1, -0.05) is 0 Å². The quantitative estimate of drug-likeness (QED) is 0.559. The molecule has 0 unspecified atom stereocenters. The zero-order valence-corrected chi connectivity index (χ0v) is 19.6. The minimum Gasteiger partial charge on any atom is -0.376 e. The molecule has 13 heteroatoms. The predicted octanol–water partition coefficient (Wildman–Crippen LogP) is 2.97. The molecule has 0 radical (unpaired) electrons. The van der Waals surface area contributed by atoms with Crippen molar-refractivity contribution in [3.05, 3.63) is 23.8 Å². The van der Waals surface area contributed by atoms with Gasteiger partial charge in [-0.2, -0.15) is 18.2 Å². The van der Waals surface area contributed by atoms with Crippen molar-refractivity contribution in [2.24, 2.45) is 0 Å². The van der Waals surface area contributed by atoms with Crippen LogP contribution < -0.4 is 20.9 Å². The minimum atomic E-state index is -4.51. The Morgan fingerprint density at radius 1 is 1.14 bits per heavy atom. The number of halogens is 3. The van der Waals surface area contributed by atoms with Gasteiger partial charge in [0.2, 0.25) is 11.9 Å². The Balaban J connectivity index is 1.23. The van der Waals surface area contributed by atoms with Crippen molar-refractivity contribution in [3.63, 3.8) is 0 Å². The third-order valence-corrected chi connectivity index (χ3v) is 7.16. The summed E-state index contributed by atoms with van der Waals surface area (Å²) < 4.78 is 43.7. The molecule has 2 aromatic rings. The summed E-state index contributed by atoms with van der Waals surface area (Å²) >= 11 is 0. The molecule has 1 atom stereocenters. The molecule has 2 fully saturated rings. The van der Waals surface area contributed by atoms with Crippen LogP contribution in [0, 0.1) is 6.92 Å². The van der Waals surface area contributed by atoms with E-state index in [2.05, 4.69) is 30.9 Å². The Morgan fingerprint density at radius 3 is 2.43 bits per heavy atom. The third-order valence-electron chi connectivity index (χ3n) is 7.16. The van der Waals surface area contributed by atoms with Gasteiger partial charge in [0.05, 0.1) is 23.7 Å². The Hall–Kier alpha value is -3.22. The first-order valence-corrected chi connectivity index (χ1v) is 11.5. The number of nitrogens with one attached hydrogen (secondary N) is 3. The molecule has 0 spiro atoms. The number of nitrogens with zero attached hydrogens (tertiary/aromatic N) is 5. The van der Waals surface area contributed by atoms with E-state index >= 15 is 0 Å². The van der Waals surface area contributed by atoms with Gasteiger partial charge in [0.25, 0.3) is 0 Å². The molecule has 188 valence electrons. The number of amides is 1. The molecule has 3 heterocycles. The number of likely N-dealkylation sites (N-methyl/N-ethyl adjacent to an activating group) is 1. The number of carbonyl (C=O) groups is 1. The normalized spacial score (nSPS) is 25.1. The van der Waals surface area contributed by atoms with Crippen molar-refractivity contribution in [2.45, 2.75) is 68.9 Å². The number of hydrogen-bond donors (Lipinski definition) is 3. The lowest BCUT2D eigenvalue weighted by atomic mass is 9.73. The summed E-state index contributed by atoms with van der Waals surface area (Å²) in [6, 6.07) is -0.342. The SMILES string of the molecule is COC1([C@H]2C(=O)Nc3c(C)nc(N[C@H]4C[C@@H](Nc5cnc(C(F)(F)F)cn5)C4)nc3N2C)CCC1. The Kier molecular flexibility index (Phi) is 5.69. The molecule has 0 bridgehead atoms. The maximum absolute atomic E-state index is 12.9. The molecule has 2 aromatic heterocycles. The lowest BCUT2D eigenvalue weighted by Crippen LogP contribution is -2.64. The highest BCUT2D eigenvalue weighted by molar-refractivity contribution is 6.04. The van der Waals surface area contributed by atoms with Gasteiger partial charge in [0.15, 0.2) is 11.5 Å². The lowest BCUT2D eigenvalue weighted by Gasteiger charge is -2.50. The molecule has 3 aliphatic rings. The van der Waals surface area contributed by atoms with E-state index in [1.165, 1.54) is 0 Å². The van der Waals surface area contributed by atoms with Gasteiger partial charge < -0.3 is 25.6 Å². The summed E-state index contributed by atoms with van der Waals surface area (Å²) in [4.78, 5) is 31.2. The second-order valence-corrected chi connectivity index (χ2v) is 9.39. The van der Waals surface area contributed by atoms with Crippen LogP contribution in [0.2, 0.25) is 0 Å².